The fourth-order valence-electron chi connectivity index (χ4n) is 2.55. The Labute approximate surface area is 107 Å². The molecule has 0 bridgehead atoms. The first kappa shape index (κ1) is 12.7. The van der Waals surface area contributed by atoms with E-state index in [1.165, 1.54) is 6.08 Å². The first-order valence-electron chi connectivity index (χ1n) is 6.30. The summed E-state index contributed by atoms with van der Waals surface area (Å²) in [7, 11) is 0. The maximum atomic E-state index is 11.5. The van der Waals surface area contributed by atoms with Crippen LogP contribution in [0.3, 0.4) is 0 Å². The molecule has 3 nitrogen and oxygen atoms in total. The van der Waals surface area contributed by atoms with Crippen molar-refractivity contribution in [3.8, 4) is 0 Å². The molecule has 1 atom stereocenters. The molecule has 0 aliphatic carbocycles. The van der Waals surface area contributed by atoms with Gasteiger partial charge in [0.2, 0.25) is 0 Å². The van der Waals surface area contributed by atoms with Crippen molar-refractivity contribution in [3.63, 3.8) is 0 Å². The van der Waals surface area contributed by atoms with Crippen molar-refractivity contribution >= 4 is 5.97 Å². The molecule has 1 N–H and O–H groups in total. The Morgan fingerprint density at radius 3 is 2.67 bits per heavy atom. The van der Waals surface area contributed by atoms with Crippen LogP contribution in [0, 0.1) is 0 Å². The lowest BCUT2D eigenvalue weighted by Gasteiger charge is -2.35. The van der Waals surface area contributed by atoms with Gasteiger partial charge in [0.15, 0.2) is 0 Å². The normalized spacial score (nSPS) is 23.4. The van der Waals surface area contributed by atoms with E-state index in [1.54, 1.807) is 0 Å². The summed E-state index contributed by atoms with van der Waals surface area (Å²) in [5.74, 6) is -0.321. The number of cyclic esters (lactones) is 1. The molecule has 96 valence electrons. The Kier molecular flexibility index (Phi) is 3.70. The second kappa shape index (κ2) is 5.25. The van der Waals surface area contributed by atoms with E-state index in [0.717, 1.165) is 18.4 Å². The van der Waals surface area contributed by atoms with E-state index in [1.807, 2.05) is 30.3 Å². The summed E-state index contributed by atoms with van der Waals surface area (Å²) < 4.78 is 5.51. The molecule has 1 unspecified atom stereocenters. The monoisotopic (exact) mass is 246 g/mol. The van der Waals surface area contributed by atoms with Gasteiger partial charge in [0, 0.05) is 12.8 Å². The van der Waals surface area contributed by atoms with Crippen LogP contribution in [0.15, 0.2) is 42.2 Å². The number of aliphatic hydroxyl groups is 1. The Hall–Kier alpha value is -1.77. The van der Waals surface area contributed by atoms with Gasteiger partial charge >= 0.3 is 5.97 Å². The summed E-state index contributed by atoms with van der Waals surface area (Å²) in [5, 5.41) is 9.68. The van der Waals surface area contributed by atoms with Crippen molar-refractivity contribution < 1.29 is 14.6 Å². The SMILES string of the molecule is CCCC1(Cc2ccccc2)CC(O)=CC(=O)O1. The van der Waals surface area contributed by atoms with Crippen molar-refractivity contribution in [1.82, 2.24) is 0 Å². The fraction of sp³-hybridized carbons (Fsp3) is 0.400. The van der Waals surface area contributed by atoms with E-state index in [4.69, 9.17) is 4.74 Å². The number of carbonyl (C=O) groups excluding carboxylic acids is 1. The molecule has 1 aliphatic rings. The highest BCUT2D eigenvalue weighted by Gasteiger charge is 2.37. The fourth-order valence-corrected chi connectivity index (χ4v) is 2.55. The van der Waals surface area contributed by atoms with Crippen LogP contribution < -0.4 is 0 Å². The zero-order chi connectivity index (χ0) is 13.0. The van der Waals surface area contributed by atoms with Gasteiger partial charge in [-0.25, -0.2) is 4.79 Å². The molecule has 0 fully saturated rings. The van der Waals surface area contributed by atoms with Gasteiger partial charge in [-0.3, -0.25) is 0 Å². The molecule has 1 aromatic rings. The second-order valence-electron chi connectivity index (χ2n) is 4.83. The van der Waals surface area contributed by atoms with Crippen LogP contribution in [0.1, 0.15) is 31.7 Å². The average Bonchev–Trinajstić information content (AvgIpc) is 2.28. The van der Waals surface area contributed by atoms with E-state index >= 15 is 0 Å². The topological polar surface area (TPSA) is 46.5 Å². The number of carbonyl (C=O) groups is 1. The van der Waals surface area contributed by atoms with E-state index in [9.17, 15) is 9.90 Å². The van der Waals surface area contributed by atoms with Gasteiger partial charge in [0.25, 0.3) is 0 Å². The molecule has 1 aliphatic heterocycles. The molecular formula is C15H18O3. The summed E-state index contributed by atoms with van der Waals surface area (Å²) in [4.78, 5) is 11.5. The highest BCUT2D eigenvalue weighted by atomic mass is 16.6. The van der Waals surface area contributed by atoms with Crippen molar-refractivity contribution in [2.24, 2.45) is 0 Å². The van der Waals surface area contributed by atoms with Crippen molar-refractivity contribution in [2.45, 2.75) is 38.2 Å². The highest BCUT2D eigenvalue weighted by Crippen LogP contribution is 2.33. The first-order chi connectivity index (χ1) is 8.63. The molecule has 0 amide bonds. The van der Waals surface area contributed by atoms with Gasteiger partial charge in [-0.15, -0.1) is 0 Å². The molecule has 0 saturated heterocycles. The Balaban J connectivity index is 2.22. The van der Waals surface area contributed by atoms with Crippen molar-refractivity contribution in [2.75, 3.05) is 0 Å². The molecule has 0 aromatic heterocycles. The van der Waals surface area contributed by atoms with Gasteiger partial charge in [0.05, 0.1) is 6.08 Å². The molecule has 1 aromatic carbocycles. The molecule has 0 saturated carbocycles. The average molecular weight is 246 g/mol. The van der Waals surface area contributed by atoms with Crippen LogP contribution in [0.5, 0.6) is 0 Å². The second-order valence-corrected chi connectivity index (χ2v) is 4.83. The third-order valence-electron chi connectivity index (χ3n) is 3.18. The molecular weight excluding hydrogens is 228 g/mol. The number of aliphatic hydroxyl groups excluding tert-OH is 1. The smallest absolute Gasteiger partial charge is 0.334 e. The maximum Gasteiger partial charge on any atom is 0.334 e. The molecule has 0 spiro atoms. The lowest BCUT2D eigenvalue weighted by atomic mass is 9.85. The predicted molar refractivity (Wildman–Crippen MR) is 69.2 cm³/mol. The van der Waals surface area contributed by atoms with Gasteiger partial charge in [-0.2, -0.15) is 0 Å². The summed E-state index contributed by atoms with van der Waals surface area (Å²) >= 11 is 0. The number of hydrogen-bond acceptors (Lipinski definition) is 3. The molecule has 2 rings (SSSR count). The van der Waals surface area contributed by atoms with Crippen molar-refractivity contribution in [1.29, 1.82) is 0 Å². The quantitative estimate of drug-likeness (QED) is 0.830. The largest absolute Gasteiger partial charge is 0.512 e. The van der Waals surface area contributed by atoms with Gasteiger partial charge in [-0.05, 0) is 12.0 Å². The van der Waals surface area contributed by atoms with Crippen molar-refractivity contribution in [3.05, 3.63) is 47.7 Å². The minimum absolute atomic E-state index is 0.121. The van der Waals surface area contributed by atoms with E-state index in [2.05, 4.69) is 6.92 Å². The molecule has 0 radical (unpaired) electrons. The Morgan fingerprint density at radius 1 is 1.33 bits per heavy atom. The van der Waals surface area contributed by atoms with Crippen LogP contribution in [0.4, 0.5) is 0 Å². The van der Waals surface area contributed by atoms with Gasteiger partial charge in [0.1, 0.15) is 11.4 Å². The van der Waals surface area contributed by atoms with Crippen LogP contribution in [0.25, 0.3) is 0 Å². The predicted octanol–water partition coefficient (Wildman–Crippen LogP) is 3.16. The minimum Gasteiger partial charge on any atom is -0.512 e. The summed E-state index contributed by atoms with van der Waals surface area (Å²) in [6.45, 7) is 2.05. The van der Waals surface area contributed by atoms with Gasteiger partial charge in [-0.1, -0.05) is 43.7 Å². The van der Waals surface area contributed by atoms with Crippen LogP contribution in [-0.4, -0.2) is 16.7 Å². The Morgan fingerprint density at radius 2 is 2.06 bits per heavy atom. The summed E-state index contributed by atoms with van der Waals surface area (Å²) in [6.07, 6.45) is 3.88. The number of ether oxygens (including phenoxy) is 1. The van der Waals surface area contributed by atoms with Crippen LogP contribution in [0.2, 0.25) is 0 Å². The first-order valence-corrected chi connectivity index (χ1v) is 6.30. The lowest BCUT2D eigenvalue weighted by molar-refractivity contribution is -0.157. The molecule has 3 heteroatoms. The third kappa shape index (κ3) is 2.92. The number of benzene rings is 1. The van der Waals surface area contributed by atoms with E-state index < -0.39 is 11.6 Å². The van der Waals surface area contributed by atoms with Crippen LogP contribution in [-0.2, 0) is 16.0 Å². The number of esters is 1. The molecule has 18 heavy (non-hydrogen) atoms. The zero-order valence-corrected chi connectivity index (χ0v) is 10.6. The third-order valence-corrected chi connectivity index (χ3v) is 3.18. The maximum absolute atomic E-state index is 11.5. The van der Waals surface area contributed by atoms with Gasteiger partial charge < -0.3 is 9.84 Å². The van der Waals surface area contributed by atoms with E-state index in [0.29, 0.717) is 12.8 Å². The number of hydrogen-bond donors (Lipinski definition) is 1. The minimum atomic E-state index is -0.591. The zero-order valence-electron chi connectivity index (χ0n) is 10.6. The standard InChI is InChI=1S/C15H18O3/c1-2-8-15(10-12-6-4-3-5-7-12)11-13(16)9-14(17)18-15/h3-7,9,16H,2,8,10-11H2,1H3. The summed E-state index contributed by atoms with van der Waals surface area (Å²) in [6, 6.07) is 9.92. The lowest BCUT2D eigenvalue weighted by Crippen LogP contribution is -2.40. The summed E-state index contributed by atoms with van der Waals surface area (Å²) in [5.41, 5.74) is 0.528. The highest BCUT2D eigenvalue weighted by molar-refractivity contribution is 5.83. The Bertz CT molecular complexity index is 450. The number of rotatable bonds is 4. The van der Waals surface area contributed by atoms with Crippen LogP contribution >= 0.6 is 0 Å². The van der Waals surface area contributed by atoms with E-state index in [-0.39, 0.29) is 5.76 Å². The molecule has 1 heterocycles.